The third kappa shape index (κ3) is 3.91. The van der Waals surface area contributed by atoms with E-state index in [1.165, 1.54) is 18.7 Å². The molecule has 146 valence electrons. The van der Waals surface area contributed by atoms with E-state index in [1.807, 2.05) is 23.6 Å². The molecule has 3 aromatic rings. The molecule has 1 N–H and O–H groups in total. The maximum absolute atomic E-state index is 12.7. The van der Waals surface area contributed by atoms with Gasteiger partial charge in [-0.2, -0.15) is 0 Å². The number of nitrogens with one attached hydrogen (secondary N) is 1. The molecule has 0 bridgehead atoms. The summed E-state index contributed by atoms with van der Waals surface area (Å²) >= 11 is 1.36. The van der Waals surface area contributed by atoms with Crippen LogP contribution >= 0.6 is 11.8 Å². The van der Waals surface area contributed by atoms with Crippen molar-refractivity contribution in [1.82, 2.24) is 24.7 Å². The fraction of sp³-hybridized carbons (Fsp3) is 0.350. The zero-order valence-corrected chi connectivity index (χ0v) is 17.3. The lowest BCUT2D eigenvalue weighted by Gasteiger charge is -2.08. The monoisotopic (exact) mass is 397 g/mol. The van der Waals surface area contributed by atoms with Crippen LogP contribution in [-0.2, 0) is 6.54 Å². The topological polar surface area (TPSA) is 93.5 Å². The highest BCUT2D eigenvalue weighted by molar-refractivity contribution is 7.99. The van der Waals surface area contributed by atoms with Crippen molar-refractivity contribution in [3.05, 3.63) is 47.0 Å². The van der Waals surface area contributed by atoms with Gasteiger partial charge in [-0.1, -0.05) is 18.7 Å². The van der Waals surface area contributed by atoms with E-state index in [0.29, 0.717) is 22.0 Å². The van der Waals surface area contributed by atoms with Gasteiger partial charge in [-0.3, -0.25) is 14.6 Å². The Hall–Kier alpha value is -2.74. The van der Waals surface area contributed by atoms with Gasteiger partial charge < -0.3 is 9.55 Å². The number of H-pyrrole nitrogens is 1. The summed E-state index contributed by atoms with van der Waals surface area (Å²) < 4.78 is 2.03. The summed E-state index contributed by atoms with van der Waals surface area (Å²) in [6.07, 6.45) is 4.37. The van der Waals surface area contributed by atoms with Crippen LogP contribution in [0.1, 0.15) is 52.4 Å². The number of aromatic nitrogens is 5. The number of hydrogen-bond donors (Lipinski definition) is 1. The molecular formula is C20H23N5O2S. The van der Waals surface area contributed by atoms with E-state index in [0.717, 1.165) is 30.0 Å². The molecule has 0 aliphatic rings. The Bertz CT molecular complexity index is 1010. The van der Waals surface area contributed by atoms with Crippen molar-refractivity contribution in [2.75, 3.05) is 5.75 Å². The summed E-state index contributed by atoms with van der Waals surface area (Å²) in [5, 5.41) is 9.31. The van der Waals surface area contributed by atoms with Gasteiger partial charge in [0, 0.05) is 35.8 Å². The van der Waals surface area contributed by atoms with Crippen molar-refractivity contribution >= 4 is 23.3 Å². The Morgan fingerprint density at radius 2 is 1.89 bits per heavy atom. The average Bonchev–Trinajstić information content (AvgIpc) is 3.21. The van der Waals surface area contributed by atoms with Crippen molar-refractivity contribution in [2.45, 2.75) is 45.8 Å². The van der Waals surface area contributed by atoms with E-state index in [2.05, 4.69) is 27.1 Å². The van der Waals surface area contributed by atoms with Gasteiger partial charge in [-0.25, -0.2) is 0 Å². The van der Waals surface area contributed by atoms with Crippen LogP contribution in [0, 0.1) is 13.8 Å². The summed E-state index contributed by atoms with van der Waals surface area (Å²) in [4.78, 5) is 31.6. The zero-order valence-electron chi connectivity index (χ0n) is 16.4. The Morgan fingerprint density at radius 1 is 1.18 bits per heavy atom. The molecule has 0 atom stereocenters. The molecule has 0 saturated heterocycles. The number of aromatic amines is 1. The Balaban J connectivity index is 1.82. The van der Waals surface area contributed by atoms with E-state index < -0.39 is 0 Å². The molecule has 7 nitrogen and oxygen atoms in total. The highest BCUT2D eigenvalue weighted by Crippen LogP contribution is 2.26. The maximum Gasteiger partial charge on any atom is 0.191 e. The van der Waals surface area contributed by atoms with Crippen molar-refractivity contribution in [1.29, 1.82) is 0 Å². The minimum atomic E-state index is -0.0605. The lowest BCUT2D eigenvalue weighted by molar-refractivity contribution is 0.101. The van der Waals surface area contributed by atoms with E-state index in [4.69, 9.17) is 0 Å². The Labute approximate surface area is 168 Å². The lowest BCUT2D eigenvalue weighted by atomic mass is 10.1. The standard InChI is InChI=1S/C20H23N5O2S/c1-5-10-25-19(15-6-8-21-9-7-15)23-24-20(25)28-11-16(27)18-12(2)17(14(4)26)13(3)22-18/h6-9,22H,5,10-11H2,1-4H3. The molecule has 8 heteroatoms. The molecule has 0 fully saturated rings. The first-order valence-electron chi connectivity index (χ1n) is 9.13. The fourth-order valence-corrected chi connectivity index (χ4v) is 4.13. The second-order valence-corrected chi connectivity index (χ2v) is 7.53. The number of nitrogens with zero attached hydrogens (tertiary/aromatic N) is 4. The van der Waals surface area contributed by atoms with Gasteiger partial charge in [0.05, 0.1) is 11.4 Å². The summed E-state index contributed by atoms with van der Waals surface area (Å²) in [5.41, 5.74) is 3.47. The van der Waals surface area contributed by atoms with Crippen LogP contribution in [-0.4, -0.2) is 42.1 Å². The van der Waals surface area contributed by atoms with Crippen molar-refractivity contribution < 1.29 is 9.59 Å². The Kier molecular flexibility index (Phi) is 6.08. The lowest BCUT2D eigenvalue weighted by Crippen LogP contribution is -2.08. The minimum Gasteiger partial charge on any atom is -0.355 e. The van der Waals surface area contributed by atoms with Crippen LogP contribution in [0.4, 0.5) is 0 Å². The van der Waals surface area contributed by atoms with Crippen molar-refractivity contribution in [3.63, 3.8) is 0 Å². The molecule has 3 aromatic heterocycles. The summed E-state index contributed by atoms with van der Waals surface area (Å²) in [6.45, 7) is 7.98. The molecule has 0 aliphatic heterocycles. The third-order valence-electron chi connectivity index (χ3n) is 4.50. The third-order valence-corrected chi connectivity index (χ3v) is 5.47. The number of rotatable bonds is 8. The van der Waals surface area contributed by atoms with E-state index in [1.54, 1.807) is 19.3 Å². The molecule has 3 heterocycles. The van der Waals surface area contributed by atoms with Crippen LogP contribution in [0.3, 0.4) is 0 Å². The van der Waals surface area contributed by atoms with Crippen LogP contribution in [0.25, 0.3) is 11.4 Å². The number of aryl methyl sites for hydroxylation is 1. The molecule has 3 rings (SSSR count). The second-order valence-electron chi connectivity index (χ2n) is 6.59. The van der Waals surface area contributed by atoms with Gasteiger partial charge in [0.2, 0.25) is 0 Å². The number of Topliss-reactive ketones (excluding diaryl/α,β-unsaturated/α-hetero) is 2. The number of pyridine rings is 1. The molecule has 0 radical (unpaired) electrons. The first-order chi connectivity index (χ1) is 13.4. The zero-order chi connectivity index (χ0) is 20.3. The molecule has 0 amide bonds. The van der Waals surface area contributed by atoms with Gasteiger partial charge in [-0.05, 0) is 44.9 Å². The van der Waals surface area contributed by atoms with Crippen LogP contribution in [0.2, 0.25) is 0 Å². The number of carbonyl (C=O) groups excluding carboxylic acids is 2. The highest BCUT2D eigenvalue weighted by Gasteiger charge is 2.21. The largest absolute Gasteiger partial charge is 0.355 e. The van der Waals surface area contributed by atoms with Gasteiger partial charge in [0.1, 0.15) is 0 Å². The molecular weight excluding hydrogens is 374 g/mol. The minimum absolute atomic E-state index is 0.0392. The number of ketones is 2. The predicted molar refractivity (Wildman–Crippen MR) is 109 cm³/mol. The average molecular weight is 398 g/mol. The first-order valence-corrected chi connectivity index (χ1v) is 10.1. The van der Waals surface area contributed by atoms with Crippen molar-refractivity contribution in [3.8, 4) is 11.4 Å². The van der Waals surface area contributed by atoms with E-state index in [-0.39, 0.29) is 17.3 Å². The summed E-state index contributed by atoms with van der Waals surface area (Å²) in [5.74, 6) is 0.887. The molecule has 0 unspecified atom stereocenters. The normalized spacial score (nSPS) is 11.0. The predicted octanol–water partition coefficient (Wildman–Crippen LogP) is 3.87. The van der Waals surface area contributed by atoms with Crippen LogP contribution < -0.4 is 0 Å². The summed E-state index contributed by atoms with van der Waals surface area (Å²) in [6, 6.07) is 3.79. The van der Waals surface area contributed by atoms with Gasteiger partial charge >= 0.3 is 0 Å². The first kappa shape index (κ1) is 20.0. The van der Waals surface area contributed by atoms with Crippen molar-refractivity contribution in [2.24, 2.45) is 0 Å². The fourth-order valence-electron chi connectivity index (χ4n) is 3.29. The molecule has 0 aliphatic carbocycles. The SMILES string of the molecule is CCCn1c(SCC(=O)c2[nH]c(C)c(C(C)=O)c2C)nnc1-c1ccncc1. The smallest absolute Gasteiger partial charge is 0.191 e. The maximum atomic E-state index is 12.7. The van der Waals surface area contributed by atoms with E-state index >= 15 is 0 Å². The van der Waals surface area contributed by atoms with Gasteiger partial charge in [0.25, 0.3) is 0 Å². The number of hydrogen-bond acceptors (Lipinski definition) is 6. The van der Waals surface area contributed by atoms with Gasteiger partial charge in [-0.15, -0.1) is 10.2 Å². The quantitative estimate of drug-likeness (QED) is 0.458. The molecule has 0 aromatic carbocycles. The molecule has 0 spiro atoms. The number of carbonyl (C=O) groups is 2. The second kappa shape index (κ2) is 8.52. The van der Waals surface area contributed by atoms with E-state index in [9.17, 15) is 9.59 Å². The number of thioether (sulfide) groups is 1. The summed E-state index contributed by atoms with van der Waals surface area (Å²) in [7, 11) is 0. The van der Waals surface area contributed by atoms with Crippen LogP contribution in [0.15, 0.2) is 29.7 Å². The molecule has 28 heavy (non-hydrogen) atoms. The highest BCUT2D eigenvalue weighted by atomic mass is 32.2. The van der Waals surface area contributed by atoms with Crippen LogP contribution in [0.5, 0.6) is 0 Å². The molecule has 0 saturated carbocycles. The van der Waals surface area contributed by atoms with Gasteiger partial charge in [0.15, 0.2) is 22.5 Å². The Morgan fingerprint density at radius 3 is 2.50 bits per heavy atom.